The van der Waals surface area contributed by atoms with Crippen LogP contribution in [0, 0.1) is 5.82 Å². The molecule has 2 rings (SSSR count). The zero-order chi connectivity index (χ0) is 16.3. The van der Waals surface area contributed by atoms with E-state index in [2.05, 4.69) is 10.3 Å². The fraction of sp³-hybridized carbons (Fsp3) is 0.250. The minimum Gasteiger partial charge on any atom is -0.457 e. The zero-order valence-corrected chi connectivity index (χ0v) is 12.7. The summed E-state index contributed by atoms with van der Waals surface area (Å²) < 4.78 is 18.9. The molecule has 0 fully saturated rings. The molecule has 2 aromatic rings. The van der Waals surface area contributed by atoms with Gasteiger partial charge >= 0.3 is 0 Å². The fourth-order valence-electron chi connectivity index (χ4n) is 1.71. The number of nitrogens with two attached hydrogens (primary N) is 1. The van der Waals surface area contributed by atoms with E-state index in [1.165, 1.54) is 24.4 Å². The number of hydrogen-bond donors (Lipinski definition) is 2. The van der Waals surface area contributed by atoms with E-state index in [0.717, 1.165) is 0 Å². The zero-order valence-electron chi connectivity index (χ0n) is 12.7. The van der Waals surface area contributed by atoms with Gasteiger partial charge in [0.15, 0.2) is 0 Å². The summed E-state index contributed by atoms with van der Waals surface area (Å²) in [5.41, 5.74) is 5.32. The number of aromatic nitrogens is 1. The number of hydrogen-bond acceptors (Lipinski definition) is 4. The Balaban J connectivity index is 2.17. The highest BCUT2D eigenvalue weighted by atomic mass is 19.1. The van der Waals surface area contributed by atoms with E-state index in [-0.39, 0.29) is 22.8 Å². The Morgan fingerprint density at radius 2 is 1.91 bits per heavy atom. The highest BCUT2D eigenvalue weighted by Gasteiger charge is 2.16. The van der Waals surface area contributed by atoms with Gasteiger partial charge in [0, 0.05) is 23.9 Å². The van der Waals surface area contributed by atoms with Gasteiger partial charge in [-0.15, -0.1) is 0 Å². The van der Waals surface area contributed by atoms with Crippen molar-refractivity contribution in [2.75, 3.05) is 5.73 Å². The van der Waals surface area contributed by atoms with Crippen LogP contribution in [0.15, 0.2) is 36.5 Å². The Morgan fingerprint density at radius 3 is 2.55 bits per heavy atom. The van der Waals surface area contributed by atoms with Gasteiger partial charge in [-0.1, -0.05) is 0 Å². The smallest absolute Gasteiger partial charge is 0.270 e. The lowest BCUT2D eigenvalue weighted by Crippen LogP contribution is -2.40. The summed E-state index contributed by atoms with van der Waals surface area (Å²) >= 11 is 0. The molecule has 1 aromatic carbocycles. The number of benzene rings is 1. The summed E-state index contributed by atoms with van der Waals surface area (Å²) in [6.07, 6.45) is 1.46. The van der Waals surface area contributed by atoms with E-state index in [9.17, 15) is 9.18 Å². The van der Waals surface area contributed by atoms with Crippen LogP contribution in [0.3, 0.4) is 0 Å². The third kappa shape index (κ3) is 4.18. The van der Waals surface area contributed by atoms with Crippen LogP contribution in [0.5, 0.6) is 11.5 Å². The number of pyridine rings is 1. The molecule has 116 valence electrons. The summed E-state index contributed by atoms with van der Waals surface area (Å²) in [4.78, 5) is 16.1. The number of rotatable bonds is 3. The van der Waals surface area contributed by atoms with E-state index in [4.69, 9.17) is 10.5 Å². The molecule has 0 bridgehead atoms. The lowest BCUT2D eigenvalue weighted by molar-refractivity contribution is 0.0914. The third-order valence-electron chi connectivity index (χ3n) is 2.66. The highest BCUT2D eigenvalue weighted by molar-refractivity contribution is 5.93. The topological polar surface area (TPSA) is 77.2 Å². The normalized spacial score (nSPS) is 11.1. The SMILES string of the molecule is CC(C)(C)NC(=O)c1cc(Oc2ccc(N)c(F)c2)ccn1. The molecule has 0 saturated heterocycles. The van der Waals surface area contributed by atoms with Crippen LogP contribution < -0.4 is 15.8 Å². The number of nitrogens with zero attached hydrogens (tertiary/aromatic N) is 1. The minimum absolute atomic E-state index is 0.0484. The van der Waals surface area contributed by atoms with Crippen molar-refractivity contribution in [3.05, 3.63) is 48.0 Å². The quantitative estimate of drug-likeness (QED) is 0.854. The van der Waals surface area contributed by atoms with Crippen LogP contribution in [-0.4, -0.2) is 16.4 Å². The van der Waals surface area contributed by atoms with Gasteiger partial charge in [0.2, 0.25) is 0 Å². The number of halogens is 1. The van der Waals surface area contributed by atoms with Gasteiger partial charge < -0.3 is 15.8 Å². The molecule has 1 amide bonds. The standard InChI is InChI=1S/C16H18FN3O2/c1-16(2,3)20-15(21)14-9-11(6-7-19-14)22-10-4-5-13(18)12(17)8-10/h4-9H,18H2,1-3H3,(H,20,21). The molecule has 5 nitrogen and oxygen atoms in total. The second-order valence-electron chi connectivity index (χ2n) is 5.87. The van der Waals surface area contributed by atoms with Gasteiger partial charge in [-0.05, 0) is 39.0 Å². The van der Waals surface area contributed by atoms with E-state index in [0.29, 0.717) is 11.5 Å². The molecule has 1 aromatic heterocycles. The Labute approximate surface area is 128 Å². The summed E-state index contributed by atoms with van der Waals surface area (Å²) in [6.45, 7) is 5.63. The average Bonchev–Trinajstić information content (AvgIpc) is 2.41. The average molecular weight is 303 g/mol. The van der Waals surface area contributed by atoms with Crippen LogP contribution in [0.2, 0.25) is 0 Å². The largest absolute Gasteiger partial charge is 0.457 e. The molecule has 0 radical (unpaired) electrons. The molecular formula is C16H18FN3O2. The van der Waals surface area contributed by atoms with Crippen LogP contribution >= 0.6 is 0 Å². The molecule has 0 atom stereocenters. The molecular weight excluding hydrogens is 285 g/mol. The molecule has 0 unspecified atom stereocenters. The first-order chi connectivity index (χ1) is 10.2. The lowest BCUT2D eigenvalue weighted by atomic mass is 10.1. The van der Waals surface area contributed by atoms with Crippen molar-refractivity contribution in [1.82, 2.24) is 10.3 Å². The maximum atomic E-state index is 13.4. The van der Waals surface area contributed by atoms with Crippen molar-refractivity contribution in [3.63, 3.8) is 0 Å². The van der Waals surface area contributed by atoms with Gasteiger partial charge in [0.25, 0.3) is 5.91 Å². The van der Waals surface area contributed by atoms with E-state index in [1.807, 2.05) is 20.8 Å². The predicted octanol–water partition coefficient (Wildman–Crippen LogP) is 3.12. The Morgan fingerprint density at radius 1 is 1.23 bits per heavy atom. The minimum atomic E-state index is -0.558. The number of carbonyl (C=O) groups is 1. The summed E-state index contributed by atoms with van der Waals surface area (Å²) in [6, 6.07) is 7.23. The van der Waals surface area contributed by atoms with Gasteiger partial charge in [0.05, 0.1) is 5.69 Å². The molecule has 0 aliphatic rings. The Kier molecular flexibility index (Phi) is 4.30. The van der Waals surface area contributed by atoms with E-state index >= 15 is 0 Å². The number of anilines is 1. The van der Waals surface area contributed by atoms with Crippen LogP contribution in [0.4, 0.5) is 10.1 Å². The number of ether oxygens (including phenoxy) is 1. The van der Waals surface area contributed by atoms with Gasteiger partial charge in [-0.25, -0.2) is 4.39 Å². The molecule has 22 heavy (non-hydrogen) atoms. The van der Waals surface area contributed by atoms with Crippen LogP contribution in [0.25, 0.3) is 0 Å². The molecule has 0 spiro atoms. The molecule has 0 aliphatic heterocycles. The first-order valence-corrected chi connectivity index (χ1v) is 6.76. The molecule has 0 aliphatic carbocycles. The van der Waals surface area contributed by atoms with Crippen molar-refractivity contribution < 1.29 is 13.9 Å². The summed E-state index contributed by atoms with van der Waals surface area (Å²) in [5.74, 6) is -0.183. The monoisotopic (exact) mass is 303 g/mol. The number of carbonyl (C=O) groups excluding carboxylic acids is 1. The van der Waals surface area contributed by atoms with Gasteiger partial charge in [-0.2, -0.15) is 0 Å². The molecule has 1 heterocycles. The number of nitrogens with one attached hydrogen (secondary N) is 1. The molecule has 3 N–H and O–H groups in total. The van der Waals surface area contributed by atoms with Gasteiger partial charge in [-0.3, -0.25) is 9.78 Å². The van der Waals surface area contributed by atoms with Crippen molar-refractivity contribution in [2.24, 2.45) is 0 Å². The fourth-order valence-corrected chi connectivity index (χ4v) is 1.71. The molecule has 0 saturated carbocycles. The Bertz CT molecular complexity index is 696. The van der Waals surface area contributed by atoms with Crippen molar-refractivity contribution in [2.45, 2.75) is 26.3 Å². The molecule has 6 heteroatoms. The second kappa shape index (κ2) is 6.01. The number of amides is 1. The van der Waals surface area contributed by atoms with E-state index < -0.39 is 5.82 Å². The van der Waals surface area contributed by atoms with Crippen molar-refractivity contribution in [1.29, 1.82) is 0 Å². The van der Waals surface area contributed by atoms with Gasteiger partial charge in [0.1, 0.15) is 23.0 Å². The first kappa shape index (κ1) is 15.8. The number of nitrogen functional groups attached to an aromatic ring is 1. The maximum Gasteiger partial charge on any atom is 0.270 e. The van der Waals surface area contributed by atoms with Crippen LogP contribution in [-0.2, 0) is 0 Å². The second-order valence-corrected chi connectivity index (χ2v) is 5.87. The first-order valence-electron chi connectivity index (χ1n) is 6.76. The highest BCUT2D eigenvalue weighted by Crippen LogP contribution is 2.24. The lowest BCUT2D eigenvalue weighted by Gasteiger charge is -2.20. The van der Waals surface area contributed by atoms with Crippen molar-refractivity contribution >= 4 is 11.6 Å². The van der Waals surface area contributed by atoms with Crippen molar-refractivity contribution in [3.8, 4) is 11.5 Å². The summed E-state index contributed by atoms with van der Waals surface area (Å²) in [7, 11) is 0. The Hall–Kier alpha value is -2.63. The predicted molar refractivity (Wildman–Crippen MR) is 82.3 cm³/mol. The summed E-state index contributed by atoms with van der Waals surface area (Å²) in [5, 5.41) is 2.81. The van der Waals surface area contributed by atoms with E-state index in [1.54, 1.807) is 12.1 Å². The third-order valence-corrected chi connectivity index (χ3v) is 2.66. The maximum absolute atomic E-state index is 13.4. The van der Waals surface area contributed by atoms with Crippen LogP contribution in [0.1, 0.15) is 31.3 Å².